The van der Waals surface area contributed by atoms with Gasteiger partial charge in [0.05, 0.1) is 38.5 Å². The molecule has 2 N–H and O–H groups in total. The van der Waals surface area contributed by atoms with Gasteiger partial charge in [-0.15, -0.1) is 0 Å². The van der Waals surface area contributed by atoms with Crippen LogP contribution in [-0.4, -0.2) is 50.0 Å². The first-order chi connectivity index (χ1) is 9.80. The molecule has 0 radical (unpaired) electrons. The number of morpholine rings is 1. The Labute approximate surface area is 117 Å². The lowest BCUT2D eigenvalue weighted by atomic mass is 10.2. The van der Waals surface area contributed by atoms with Crippen LogP contribution in [-0.2, 0) is 11.2 Å². The van der Waals surface area contributed by atoms with E-state index >= 15 is 0 Å². The van der Waals surface area contributed by atoms with Gasteiger partial charge in [0, 0.05) is 31.1 Å². The van der Waals surface area contributed by atoms with E-state index in [2.05, 4.69) is 15.3 Å². The number of nitrogens with one attached hydrogen (secondary N) is 2. The van der Waals surface area contributed by atoms with Crippen molar-refractivity contribution in [3.05, 3.63) is 18.0 Å². The van der Waals surface area contributed by atoms with Crippen LogP contribution in [0.2, 0.25) is 0 Å². The summed E-state index contributed by atoms with van der Waals surface area (Å²) < 4.78 is 16.0. The Balaban J connectivity index is 1.85. The van der Waals surface area contributed by atoms with Gasteiger partial charge in [0.15, 0.2) is 11.5 Å². The molecular formula is C14H19N3O3. The van der Waals surface area contributed by atoms with Crippen LogP contribution in [0.3, 0.4) is 0 Å². The van der Waals surface area contributed by atoms with Gasteiger partial charge in [0.25, 0.3) is 0 Å². The Kier molecular flexibility index (Phi) is 3.75. The Morgan fingerprint density at radius 3 is 2.80 bits per heavy atom. The molecule has 0 aliphatic carbocycles. The van der Waals surface area contributed by atoms with Gasteiger partial charge in [-0.3, -0.25) is 0 Å². The van der Waals surface area contributed by atoms with Gasteiger partial charge in [0.1, 0.15) is 5.82 Å². The average Bonchev–Trinajstić information content (AvgIpc) is 2.87. The van der Waals surface area contributed by atoms with Crippen LogP contribution < -0.4 is 14.8 Å². The number of hydrogen-bond donors (Lipinski definition) is 2. The lowest BCUT2D eigenvalue weighted by molar-refractivity contribution is 0.0765. The number of nitrogens with zero attached hydrogens (tertiary/aromatic N) is 1. The maximum absolute atomic E-state index is 5.46. The predicted octanol–water partition coefficient (Wildman–Crippen LogP) is 1.11. The monoisotopic (exact) mass is 277 g/mol. The van der Waals surface area contributed by atoms with Gasteiger partial charge >= 0.3 is 0 Å². The molecule has 3 rings (SSSR count). The molecule has 0 amide bonds. The minimum Gasteiger partial charge on any atom is -0.493 e. The largest absolute Gasteiger partial charge is 0.493 e. The van der Waals surface area contributed by atoms with Crippen LogP contribution in [0, 0.1) is 0 Å². The van der Waals surface area contributed by atoms with Crippen LogP contribution in [0.15, 0.2) is 12.1 Å². The number of aromatic amines is 1. The summed E-state index contributed by atoms with van der Waals surface area (Å²) in [6, 6.07) is 4.11. The second kappa shape index (κ2) is 5.68. The fourth-order valence-corrected chi connectivity index (χ4v) is 2.47. The third kappa shape index (κ3) is 2.57. The number of benzene rings is 1. The van der Waals surface area contributed by atoms with Crippen LogP contribution in [0.4, 0.5) is 0 Å². The van der Waals surface area contributed by atoms with E-state index in [4.69, 9.17) is 14.2 Å². The Morgan fingerprint density at radius 2 is 2.10 bits per heavy atom. The summed E-state index contributed by atoms with van der Waals surface area (Å²) >= 11 is 0. The molecular weight excluding hydrogens is 258 g/mol. The molecule has 0 bridgehead atoms. The first-order valence-electron chi connectivity index (χ1n) is 6.72. The third-order valence-electron chi connectivity index (χ3n) is 3.47. The predicted molar refractivity (Wildman–Crippen MR) is 75.5 cm³/mol. The highest BCUT2D eigenvalue weighted by Gasteiger charge is 2.16. The molecule has 108 valence electrons. The fourth-order valence-electron chi connectivity index (χ4n) is 2.47. The maximum Gasteiger partial charge on any atom is 0.163 e. The van der Waals surface area contributed by atoms with Gasteiger partial charge in [0.2, 0.25) is 0 Å². The Hall–Kier alpha value is -1.79. The number of ether oxygens (including phenoxy) is 3. The summed E-state index contributed by atoms with van der Waals surface area (Å²) in [6.07, 6.45) is 0.819. The molecule has 1 atom stereocenters. The van der Waals surface area contributed by atoms with Gasteiger partial charge in [-0.25, -0.2) is 4.98 Å². The number of rotatable bonds is 4. The van der Waals surface area contributed by atoms with E-state index in [9.17, 15) is 0 Å². The molecule has 0 spiro atoms. The topological polar surface area (TPSA) is 68.4 Å². The van der Waals surface area contributed by atoms with Crippen molar-refractivity contribution in [3.8, 4) is 11.5 Å². The summed E-state index contributed by atoms with van der Waals surface area (Å²) in [5.74, 6) is 2.34. The highest BCUT2D eigenvalue weighted by Crippen LogP contribution is 2.31. The summed E-state index contributed by atoms with van der Waals surface area (Å²) in [7, 11) is 3.25. The summed E-state index contributed by atoms with van der Waals surface area (Å²) in [4.78, 5) is 7.93. The molecule has 1 aliphatic heterocycles. The minimum atomic E-state index is 0.313. The lowest BCUT2D eigenvalue weighted by Crippen LogP contribution is -2.42. The summed E-state index contributed by atoms with van der Waals surface area (Å²) in [6.45, 7) is 2.40. The number of imidazole rings is 1. The van der Waals surface area contributed by atoms with Crippen LogP contribution in [0.5, 0.6) is 11.5 Å². The summed E-state index contributed by atoms with van der Waals surface area (Å²) in [5.41, 5.74) is 1.84. The molecule has 1 fully saturated rings. The zero-order chi connectivity index (χ0) is 13.9. The van der Waals surface area contributed by atoms with Gasteiger partial charge in [-0.1, -0.05) is 0 Å². The van der Waals surface area contributed by atoms with Gasteiger partial charge in [-0.05, 0) is 0 Å². The number of methoxy groups -OCH3 is 2. The van der Waals surface area contributed by atoms with E-state index in [-0.39, 0.29) is 0 Å². The lowest BCUT2D eigenvalue weighted by Gasteiger charge is -2.22. The van der Waals surface area contributed by atoms with Crippen molar-refractivity contribution < 1.29 is 14.2 Å². The van der Waals surface area contributed by atoms with E-state index in [0.29, 0.717) is 17.5 Å². The molecule has 20 heavy (non-hydrogen) atoms. The van der Waals surface area contributed by atoms with Crippen molar-refractivity contribution in [1.29, 1.82) is 0 Å². The number of aromatic nitrogens is 2. The maximum atomic E-state index is 5.46. The molecule has 1 aromatic carbocycles. The zero-order valence-electron chi connectivity index (χ0n) is 11.7. The van der Waals surface area contributed by atoms with E-state index in [1.54, 1.807) is 14.2 Å². The standard InChI is InChI=1S/C14H19N3O3/c1-18-12-6-10-11(7-13(12)19-2)17-14(16-10)5-9-8-20-4-3-15-9/h6-7,9,15H,3-5,8H2,1-2H3,(H,16,17). The molecule has 1 aliphatic rings. The van der Waals surface area contributed by atoms with Crippen LogP contribution in [0.25, 0.3) is 11.0 Å². The van der Waals surface area contributed by atoms with Crippen molar-refractivity contribution >= 4 is 11.0 Å². The van der Waals surface area contributed by atoms with Gasteiger partial charge in [-0.2, -0.15) is 0 Å². The SMILES string of the molecule is COc1cc2nc(CC3COCCN3)[nH]c2cc1OC. The molecule has 1 unspecified atom stereocenters. The van der Waals surface area contributed by atoms with E-state index in [1.807, 2.05) is 12.1 Å². The van der Waals surface area contributed by atoms with Gasteiger partial charge < -0.3 is 24.5 Å². The quantitative estimate of drug-likeness (QED) is 0.876. The molecule has 1 aromatic heterocycles. The van der Waals surface area contributed by atoms with E-state index in [0.717, 1.165) is 43.0 Å². The van der Waals surface area contributed by atoms with Crippen molar-refractivity contribution in [2.24, 2.45) is 0 Å². The first kappa shape index (κ1) is 13.2. The zero-order valence-corrected chi connectivity index (χ0v) is 11.7. The fraction of sp³-hybridized carbons (Fsp3) is 0.500. The van der Waals surface area contributed by atoms with Crippen LogP contribution >= 0.6 is 0 Å². The van der Waals surface area contributed by atoms with Crippen molar-refractivity contribution in [2.45, 2.75) is 12.5 Å². The molecule has 2 aromatic rings. The number of fused-ring (bicyclic) bond motifs is 1. The van der Waals surface area contributed by atoms with E-state index < -0.39 is 0 Å². The van der Waals surface area contributed by atoms with Crippen molar-refractivity contribution in [3.63, 3.8) is 0 Å². The molecule has 6 nitrogen and oxygen atoms in total. The minimum absolute atomic E-state index is 0.313. The molecule has 2 heterocycles. The summed E-state index contributed by atoms with van der Waals surface area (Å²) in [5, 5.41) is 3.42. The number of hydrogen-bond acceptors (Lipinski definition) is 5. The molecule has 0 saturated carbocycles. The van der Waals surface area contributed by atoms with Crippen molar-refractivity contribution in [1.82, 2.24) is 15.3 Å². The normalized spacial score (nSPS) is 19.2. The van der Waals surface area contributed by atoms with Crippen molar-refractivity contribution in [2.75, 3.05) is 34.0 Å². The Bertz CT molecular complexity index is 550. The Morgan fingerprint density at radius 1 is 1.30 bits per heavy atom. The average molecular weight is 277 g/mol. The molecule has 1 saturated heterocycles. The van der Waals surface area contributed by atoms with Crippen LogP contribution in [0.1, 0.15) is 5.82 Å². The highest BCUT2D eigenvalue weighted by atomic mass is 16.5. The third-order valence-corrected chi connectivity index (χ3v) is 3.47. The highest BCUT2D eigenvalue weighted by molar-refractivity contribution is 5.79. The second-order valence-corrected chi connectivity index (χ2v) is 4.84. The smallest absolute Gasteiger partial charge is 0.163 e. The molecule has 6 heteroatoms. The van der Waals surface area contributed by atoms with E-state index in [1.165, 1.54) is 0 Å². The second-order valence-electron chi connectivity index (χ2n) is 4.84. The first-order valence-corrected chi connectivity index (χ1v) is 6.72. The number of H-pyrrole nitrogens is 1.